The van der Waals surface area contributed by atoms with Gasteiger partial charge in [-0.05, 0) is 69.2 Å². The zero-order valence-electron chi connectivity index (χ0n) is 19.5. The average Bonchev–Trinajstić information content (AvgIpc) is 3.19. The summed E-state index contributed by atoms with van der Waals surface area (Å²) in [7, 11) is 5.87. The zero-order valence-corrected chi connectivity index (χ0v) is 19.5. The van der Waals surface area contributed by atoms with Crippen molar-refractivity contribution in [2.24, 2.45) is 0 Å². The number of imidazole rings is 1. The van der Waals surface area contributed by atoms with Crippen LogP contribution in [0.3, 0.4) is 0 Å². The van der Waals surface area contributed by atoms with Crippen molar-refractivity contribution in [1.82, 2.24) is 19.6 Å². The number of nitrogens with one attached hydrogen (secondary N) is 1. The van der Waals surface area contributed by atoms with Crippen molar-refractivity contribution < 1.29 is 9.53 Å². The van der Waals surface area contributed by atoms with Gasteiger partial charge in [-0.1, -0.05) is 19.1 Å². The molecule has 2 aromatic heterocycles. The highest BCUT2D eigenvalue weighted by atomic mass is 16.5. The molecule has 1 saturated heterocycles. The number of carbonyl (C=O) groups is 1. The van der Waals surface area contributed by atoms with Gasteiger partial charge in [0.2, 0.25) is 0 Å². The molecule has 4 rings (SSSR count). The molecule has 1 aliphatic rings. The summed E-state index contributed by atoms with van der Waals surface area (Å²) < 4.78 is 7.32. The van der Waals surface area contributed by atoms with E-state index < -0.39 is 0 Å². The third-order valence-electron chi connectivity index (χ3n) is 6.25. The number of anilines is 1. The minimum absolute atomic E-state index is 0.0167. The Labute approximate surface area is 190 Å². The third-order valence-corrected chi connectivity index (χ3v) is 6.25. The van der Waals surface area contributed by atoms with Gasteiger partial charge in [0.15, 0.2) is 0 Å². The van der Waals surface area contributed by atoms with Crippen molar-refractivity contribution in [3.8, 4) is 5.75 Å². The molecule has 3 heterocycles. The van der Waals surface area contributed by atoms with Crippen molar-refractivity contribution in [1.29, 1.82) is 0 Å². The van der Waals surface area contributed by atoms with Crippen molar-refractivity contribution in [2.75, 3.05) is 39.2 Å². The highest BCUT2D eigenvalue weighted by molar-refractivity contribution is 5.94. The van der Waals surface area contributed by atoms with E-state index in [1.54, 1.807) is 7.11 Å². The number of ether oxygens (including phenoxy) is 1. The molecule has 3 aromatic rings. The third kappa shape index (κ3) is 4.72. The first-order valence-electron chi connectivity index (χ1n) is 11.3. The Balaban J connectivity index is 1.57. The predicted molar refractivity (Wildman–Crippen MR) is 128 cm³/mol. The molecule has 7 nitrogen and oxygen atoms in total. The van der Waals surface area contributed by atoms with Gasteiger partial charge in [0.25, 0.3) is 5.91 Å². The van der Waals surface area contributed by atoms with Crippen LogP contribution in [0.15, 0.2) is 42.6 Å². The van der Waals surface area contributed by atoms with Gasteiger partial charge < -0.3 is 19.9 Å². The number of rotatable bonds is 7. The van der Waals surface area contributed by atoms with Crippen LogP contribution in [0.1, 0.15) is 41.4 Å². The first-order valence-corrected chi connectivity index (χ1v) is 11.3. The van der Waals surface area contributed by atoms with E-state index in [4.69, 9.17) is 9.72 Å². The van der Waals surface area contributed by atoms with E-state index in [1.807, 2.05) is 34.9 Å². The van der Waals surface area contributed by atoms with Crippen LogP contribution in [0, 0.1) is 0 Å². The van der Waals surface area contributed by atoms with Crippen molar-refractivity contribution >= 4 is 17.4 Å². The minimum atomic E-state index is -0.0167. The lowest BCUT2D eigenvalue weighted by atomic mass is 10.1. The lowest BCUT2D eigenvalue weighted by molar-refractivity contribution is 0.0916. The van der Waals surface area contributed by atoms with Gasteiger partial charge in [0.05, 0.1) is 18.4 Å². The van der Waals surface area contributed by atoms with Crippen LogP contribution in [0.4, 0.5) is 5.82 Å². The number of hydrogen-bond acceptors (Lipinski definition) is 5. The number of benzene rings is 1. The highest BCUT2D eigenvalue weighted by Gasteiger charge is 2.21. The van der Waals surface area contributed by atoms with Gasteiger partial charge >= 0.3 is 0 Å². The van der Waals surface area contributed by atoms with Gasteiger partial charge in [-0.2, -0.15) is 0 Å². The van der Waals surface area contributed by atoms with Crippen LogP contribution in [-0.4, -0.2) is 60.5 Å². The van der Waals surface area contributed by atoms with Gasteiger partial charge in [-0.15, -0.1) is 0 Å². The van der Waals surface area contributed by atoms with E-state index >= 15 is 0 Å². The Morgan fingerprint density at radius 3 is 2.56 bits per heavy atom. The molecule has 170 valence electrons. The molecule has 0 atom stereocenters. The maximum Gasteiger partial charge on any atom is 0.252 e. The smallest absolute Gasteiger partial charge is 0.252 e. The SMILES string of the molecule is CCc1nc2ccc(C(=O)NC3CCN(C)CC3)cn2c1N(C)Cc1ccc(OC)cc1. The number of hydrogen-bond donors (Lipinski definition) is 1. The second-order valence-electron chi connectivity index (χ2n) is 8.64. The van der Waals surface area contributed by atoms with Crippen LogP contribution in [0.2, 0.25) is 0 Å². The van der Waals surface area contributed by atoms with E-state index in [-0.39, 0.29) is 11.9 Å². The fraction of sp³-hybridized carbons (Fsp3) is 0.440. The Hall–Kier alpha value is -3.06. The molecule has 0 saturated carbocycles. The summed E-state index contributed by atoms with van der Waals surface area (Å²) in [5.74, 6) is 1.85. The number of nitrogens with zero attached hydrogens (tertiary/aromatic N) is 4. The Kier molecular flexibility index (Phi) is 6.65. The van der Waals surface area contributed by atoms with Gasteiger partial charge in [-0.25, -0.2) is 4.98 Å². The average molecular weight is 436 g/mol. The van der Waals surface area contributed by atoms with E-state index in [2.05, 4.69) is 48.3 Å². The van der Waals surface area contributed by atoms with Crippen LogP contribution in [0.5, 0.6) is 5.75 Å². The quantitative estimate of drug-likeness (QED) is 0.617. The normalized spacial score (nSPS) is 15.1. The molecule has 0 bridgehead atoms. The van der Waals surface area contributed by atoms with Gasteiger partial charge in [0.1, 0.15) is 17.2 Å². The van der Waals surface area contributed by atoms with Crippen LogP contribution in [-0.2, 0) is 13.0 Å². The maximum absolute atomic E-state index is 13.0. The monoisotopic (exact) mass is 435 g/mol. The van der Waals surface area contributed by atoms with E-state index in [9.17, 15) is 4.79 Å². The largest absolute Gasteiger partial charge is 0.497 e. The zero-order chi connectivity index (χ0) is 22.7. The molecule has 0 unspecified atom stereocenters. The van der Waals surface area contributed by atoms with Gasteiger partial charge in [-0.3, -0.25) is 9.20 Å². The second kappa shape index (κ2) is 9.61. The molecule has 0 radical (unpaired) electrons. The van der Waals surface area contributed by atoms with Crippen LogP contribution in [0.25, 0.3) is 5.65 Å². The summed E-state index contributed by atoms with van der Waals surface area (Å²) in [6.45, 7) is 4.88. The fourth-order valence-corrected chi connectivity index (χ4v) is 4.36. The summed E-state index contributed by atoms with van der Waals surface area (Å²) in [5.41, 5.74) is 3.72. The predicted octanol–water partition coefficient (Wildman–Crippen LogP) is 3.37. The summed E-state index contributed by atoms with van der Waals surface area (Å²) in [5, 5.41) is 3.22. The number of methoxy groups -OCH3 is 1. The summed E-state index contributed by atoms with van der Waals surface area (Å²) in [6, 6.07) is 12.1. The molecule has 1 fully saturated rings. The lowest BCUT2D eigenvalue weighted by Gasteiger charge is -2.29. The molecule has 1 aromatic carbocycles. The molecule has 0 spiro atoms. The number of fused-ring (bicyclic) bond motifs is 1. The van der Waals surface area contributed by atoms with Gasteiger partial charge in [0, 0.05) is 25.8 Å². The Bertz CT molecular complexity index is 1070. The maximum atomic E-state index is 13.0. The van der Waals surface area contributed by atoms with E-state index in [1.165, 1.54) is 5.56 Å². The lowest BCUT2D eigenvalue weighted by Crippen LogP contribution is -2.43. The standard InChI is InChI=1S/C25H33N5O2/c1-5-22-25(29(3)16-18-6-9-21(32-4)10-7-18)30-17-19(8-11-23(30)27-22)24(31)26-20-12-14-28(2)15-13-20/h6-11,17,20H,5,12-16H2,1-4H3,(H,26,31). The summed E-state index contributed by atoms with van der Waals surface area (Å²) in [6.07, 6.45) is 4.73. The summed E-state index contributed by atoms with van der Waals surface area (Å²) >= 11 is 0. The summed E-state index contributed by atoms with van der Waals surface area (Å²) in [4.78, 5) is 22.3. The molecule has 1 amide bonds. The Morgan fingerprint density at radius 1 is 1.19 bits per heavy atom. The molecule has 1 N–H and O–H groups in total. The highest BCUT2D eigenvalue weighted by Crippen LogP contribution is 2.25. The first-order chi connectivity index (χ1) is 15.5. The molecule has 32 heavy (non-hydrogen) atoms. The molecule has 1 aliphatic heterocycles. The second-order valence-corrected chi connectivity index (χ2v) is 8.64. The molecule has 0 aliphatic carbocycles. The van der Waals surface area contributed by atoms with E-state index in [0.29, 0.717) is 5.56 Å². The number of amides is 1. The van der Waals surface area contributed by atoms with E-state index in [0.717, 1.165) is 61.8 Å². The topological polar surface area (TPSA) is 62.1 Å². The number of piperidine rings is 1. The van der Waals surface area contributed by atoms with Crippen molar-refractivity contribution in [3.63, 3.8) is 0 Å². The number of pyridine rings is 1. The first kappa shape index (κ1) is 22.1. The van der Waals surface area contributed by atoms with Crippen molar-refractivity contribution in [3.05, 3.63) is 59.4 Å². The number of aryl methyl sites for hydroxylation is 1. The van der Waals surface area contributed by atoms with Crippen LogP contribution < -0.4 is 15.0 Å². The molecular weight excluding hydrogens is 402 g/mol. The fourth-order valence-electron chi connectivity index (χ4n) is 4.36. The molecular formula is C25H33N5O2. The van der Waals surface area contributed by atoms with Crippen molar-refractivity contribution in [2.45, 2.75) is 38.8 Å². The number of carbonyl (C=O) groups excluding carboxylic acids is 1. The Morgan fingerprint density at radius 2 is 1.91 bits per heavy atom. The number of likely N-dealkylation sites (tertiary alicyclic amines) is 1. The van der Waals surface area contributed by atoms with Crippen LogP contribution >= 0.6 is 0 Å². The molecule has 7 heteroatoms. The number of aromatic nitrogens is 2. The minimum Gasteiger partial charge on any atom is -0.497 e.